The lowest BCUT2D eigenvalue weighted by molar-refractivity contribution is -0.332. The topological polar surface area (TPSA) is 231 Å². The van der Waals surface area contributed by atoms with Gasteiger partial charge in [0, 0.05) is 12.8 Å². The maximum Gasteiger partial charge on any atom is 0.306 e. The predicted molar refractivity (Wildman–Crippen MR) is 234 cm³/mol. The highest BCUT2D eigenvalue weighted by molar-refractivity contribution is 5.70. The van der Waals surface area contributed by atoms with E-state index in [-0.39, 0.29) is 26.1 Å². The number of carbonyl (C=O) groups is 2. The molecule has 2 saturated heterocycles. The number of aliphatic hydroxyl groups is 7. The maximum atomic E-state index is 12.9. The lowest BCUT2D eigenvalue weighted by Gasteiger charge is -2.42. The van der Waals surface area contributed by atoms with Crippen LogP contribution in [-0.2, 0) is 38.0 Å². The van der Waals surface area contributed by atoms with E-state index in [1.54, 1.807) is 0 Å². The van der Waals surface area contributed by atoms with Crippen molar-refractivity contribution in [3.8, 4) is 0 Å². The van der Waals surface area contributed by atoms with Gasteiger partial charge in [0.05, 0.1) is 19.8 Å². The summed E-state index contributed by atoms with van der Waals surface area (Å²) in [5, 5.41) is 71.9. The molecule has 0 aromatic heterocycles. The Morgan fingerprint density at radius 1 is 0.516 bits per heavy atom. The number of hydrogen-bond donors (Lipinski definition) is 7. The summed E-state index contributed by atoms with van der Waals surface area (Å²) >= 11 is 0. The lowest BCUT2D eigenvalue weighted by Crippen LogP contribution is -2.61. The fourth-order valence-electron chi connectivity index (χ4n) is 7.42. The van der Waals surface area contributed by atoms with Crippen LogP contribution in [0.25, 0.3) is 0 Å². The van der Waals surface area contributed by atoms with E-state index in [4.69, 9.17) is 28.4 Å². The first kappa shape index (κ1) is 56.1. The summed E-state index contributed by atoms with van der Waals surface area (Å²) in [4.78, 5) is 25.6. The second-order valence-electron chi connectivity index (χ2n) is 16.9. The molecule has 62 heavy (non-hydrogen) atoms. The third-order valence-electron chi connectivity index (χ3n) is 11.4. The molecule has 4 unspecified atom stereocenters. The third kappa shape index (κ3) is 23.8. The molecule has 0 saturated carbocycles. The van der Waals surface area contributed by atoms with E-state index < -0.39 is 92.7 Å². The Labute approximate surface area is 371 Å². The van der Waals surface area contributed by atoms with Gasteiger partial charge < -0.3 is 64.2 Å². The Kier molecular flexibility index (Phi) is 31.9. The fraction of sp³-hybridized carbons (Fsp3) is 0.872. The van der Waals surface area contributed by atoms with Crippen molar-refractivity contribution in [1.29, 1.82) is 0 Å². The fourth-order valence-corrected chi connectivity index (χ4v) is 7.42. The number of unbranched alkanes of at least 4 members (excludes halogenated alkanes) is 18. The Morgan fingerprint density at radius 3 is 1.53 bits per heavy atom. The number of esters is 2. The van der Waals surface area contributed by atoms with E-state index in [0.29, 0.717) is 12.8 Å². The van der Waals surface area contributed by atoms with Crippen LogP contribution in [0.5, 0.6) is 0 Å². The van der Waals surface area contributed by atoms with E-state index in [2.05, 4.69) is 38.2 Å². The summed E-state index contributed by atoms with van der Waals surface area (Å²) in [7, 11) is 0. The number of allylic oxidation sites excluding steroid dienone is 4. The summed E-state index contributed by atoms with van der Waals surface area (Å²) in [6, 6.07) is 0. The highest BCUT2D eigenvalue weighted by Gasteiger charge is 2.47. The van der Waals surface area contributed by atoms with E-state index in [0.717, 1.165) is 64.2 Å². The molecule has 2 fully saturated rings. The number of aliphatic hydroxyl groups excluding tert-OH is 7. The molecule has 0 amide bonds. The highest BCUT2D eigenvalue weighted by atomic mass is 16.7. The largest absolute Gasteiger partial charge is 0.462 e. The zero-order valence-electron chi connectivity index (χ0n) is 37.9. The van der Waals surface area contributed by atoms with Gasteiger partial charge in [0.25, 0.3) is 0 Å². The molecule has 362 valence electrons. The molecule has 0 spiro atoms. The zero-order valence-corrected chi connectivity index (χ0v) is 37.9. The Balaban J connectivity index is 1.84. The van der Waals surface area contributed by atoms with Gasteiger partial charge in [-0.15, -0.1) is 0 Å². The van der Waals surface area contributed by atoms with Gasteiger partial charge in [0.2, 0.25) is 0 Å². The molecular weight excluding hydrogens is 805 g/mol. The van der Waals surface area contributed by atoms with Crippen LogP contribution in [0.1, 0.15) is 168 Å². The molecule has 2 rings (SSSR count). The van der Waals surface area contributed by atoms with Crippen LogP contribution in [0.4, 0.5) is 0 Å². The number of hydrogen-bond acceptors (Lipinski definition) is 15. The Bertz CT molecular complexity index is 1180. The molecule has 2 aliphatic rings. The minimum atomic E-state index is -1.76. The summed E-state index contributed by atoms with van der Waals surface area (Å²) < 4.78 is 33.5. The highest BCUT2D eigenvalue weighted by Crippen LogP contribution is 2.26. The zero-order chi connectivity index (χ0) is 45.4. The second-order valence-corrected chi connectivity index (χ2v) is 16.9. The molecule has 2 aliphatic heterocycles. The van der Waals surface area contributed by atoms with E-state index >= 15 is 0 Å². The molecular formula is C47H84O15. The normalized spacial score (nSPS) is 27.2. The van der Waals surface area contributed by atoms with Gasteiger partial charge in [-0.05, 0) is 44.9 Å². The Morgan fingerprint density at radius 2 is 0.968 bits per heavy atom. The van der Waals surface area contributed by atoms with Crippen molar-refractivity contribution in [2.24, 2.45) is 0 Å². The smallest absolute Gasteiger partial charge is 0.306 e. The molecule has 0 aromatic carbocycles. The standard InChI is InChI=1S/C47H84O15/c1-3-5-7-9-11-13-15-16-17-18-20-21-23-25-27-29-38(49)57-32-35(60-39(50)30-28-26-24-22-19-14-12-10-8-6-4-2)33-58-46-45(56)43(54)41(52)37(62-46)34-59-47-44(55)42(53)40(51)36(31-48)61-47/h11,13,16-17,35-37,40-48,51-56H,3-10,12,14-15,18-34H2,1-2H3/b13-11+,17-16+/t35-,36-,37-,40+,41+,42?,43?,44?,45?,46-,47-/m1/s1. The first-order valence-electron chi connectivity index (χ1n) is 23.9. The average Bonchev–Trinajstić information content (AvgIpc) is 3.26. The minimum Gasteiger partial charge on any atom is -0.462 e. The van der Waals surface area contributed by atoms with Crippen LogP contribution >= 0.6 is 0 Å². The van der Waals surface area contributed by atoms with Crippen LogP contribution in [-0.4, -0.2) is 142 Å². The number of ether oxygens (including phenoxy) is 6. The molecule has 0 aliphatic carbocycles. The van der Waals surface area contributed by atoms with Gasteiger partial charge in [-0.2, -0.15) is 0 Å². The first-order chi connectivity index (χ1) is 30.0. The van der Waals surface area contributed by atoms with Crippen LogP contribution in [0.3, 0.4) is 0 Å². The van der Waals surface area contributed by atoms with E-state index in [9.17, 15) is 45.3 Å². The molecule has 15 nitrogen and oxygen atoms in total. The molecule has 11 atom stereocenters. The van der Waals surface area contributed by atoms with Gasteiger partial charge in [-0.25, -0.2) is 0 Å². The molecule has 0 aromatic rings. The van der Waals surface area contributed by atoms with Crippen LogP contribution in [0, 0.1) is 0 Å². The van der Waals surface area contributed by atoms with Crippen molar-refractivity contribution in [2.75, 3.05) is 26.4 Å². The second kappa shape index (κ2) is 35.3. The van der Waals surface area contributed by atoms with Crippen molar-refractivity contribution in [2.45, 2.75) is 235 Å². The average molecular weight is 889 g/mol. The summed E-state index contributed by atoms with van der Waals surface area (Å²) in [6.45, 7) is 2.53. The van der Waals surface area contributed by atoms with Crippen molar-refractivity contribution in [1.82, 2.24) is 0 Å². The van der Waals surface area contributed by atoms with Crippen molar-refractivity contribution in [3.05, 3.63) is 24.3 Å². The third-order valence-corrected chi connectivity index (χ3v) is 11.4. The molecule has 0 bridgehead atoms. The van der Waals surface area contributed by atoms with E-state index in [1.165, 1.54) is 64.2 Å². The van der Waals surface area contributed by atoms with Gasteiger partial charge in [-0.3, -0.25) is 9.59 Å². The quantitative estimate of drug-likeness (QED) is 0.0231. The predicted octanol–water partition coefficient (Wildman–Crippen LogP) is 5.60. The molecule has 15 heteroatoms. The van der Waals surface area contributed by atoms with Crippen molar-refractivity contribution >= 4 is 11.9 Å². The maximum absolute atomic E-state index is 12.9. The Hall–Kier alpha value is -2.02. The minimum absolute atomic E-state index is 0.165. The summed E-state index contributed by atoms with van der Waals surface area (Å²) in [5.74, 6) is -0.939. The first-order valence-corrected chi connectivity index (χ1v) is 23.9. The molecule has 0 radical (unpaired) electrons. The summed E-state index contributed by atoms with van der Waals surface area (Å²) in [6.07, 6.45) is 16.4. The van der Waals surface area contributed by atoms with E-state index in [1.807, 2.05) is 0 Å². The van der Waals surface area contributed by atoms with Crippen LogP contribution < -0.4 is 0 Å². The molecule has 2 heterocycles. The lowest BCUT2D eigenvalue weighted by atomic mass is 9.98. The number of rotatable bonds is 36. The van der Waals surface area contributed by atoms with Crippen molar-refractivity contribution in [3.63, 3.8) is 0 Å². The SMILES string of the molecule is CCCCC/C=C/C/C=C/CCCCCCCC(=O)OC[C@H](CO[C@@H]1O[C@H](CO[C@@H]2O[C@H](CO)[C@H](O)C(O)C2O)[C@H](O)C(O)C1O)OC(=O)CCCCCCCCCCCCC. The van der Waals surface area contributed by atoms with Crippen molar-refractivity contribution < 1.29 is 73.8 Å². The number of carbonyl (C=O) groups excluding carboxylic acids is 2. The van der Waals surface area contributed by atoms with Gasteiger partial charge >= 0.3 is 11.9 Å². The summed E-state index contributed by atoms with van der Waals surface area (Å²) in [5.41, 5.74) is 0. The monoisotopic (exact) mass is 889 g/mol. The molecule has 7 N–H and O–H groups in total. The van der Waals surface area contributed by atoms with Crippen LogP contribution in [0.15, 0.2) is 24.3 Å². The van der Waals surface area contributed by atoms with Gasteiger partial charge in [-0.1, -0.05) is 134 Å². The van der Waals surface area contributed by atoms with Gasteiger partial charge in [0.1, 0.15) is 55.4 Å². The van der Waals surface area contributed by atoms with Crippen LogP contribution in [0.2, 0.25) is 0 Å². The van der Waals surface area contributed by atoms with Gasteiger partial charge in [0.15, 0.2) is 18.7 Å².